The summed E-state index contributed by atoms with van der Waals surface area (Å²) in [5, 5.41) is 7.97. The van der Waals surface area contributed by atoms with E-state index >= 15 is 0 Å². The topological polar surface area (TPSA) is 61.8 Å². The third-order valence-electron chi connectivity index (χ3n) is 3.98. The van der Waals surface area contributed by atoms with Gasteiger partial charge in [-0.05, 0) is 41.8 Å². The van der Waals surface area contributed by atoms with E-state index in [0.717, 1.165) is 11.1 Å². The van der Waals surface area contributed by atoms with Crippen molar-refractivity contribution in [3.05, 3.63) is 65.5 Å². The molecule has 128 valence electrons. The Hall–Kier alpha value is -3.02. The zero-order valence-electron chi connectivity index (χ0n) is 13.8. The summed E-state index contributed by atoms with van der Waals surface area (Å²) >= 11 is 0. The fourth-order valence-corrected chi connectivity index (χ4v) is 2.62. The monoisotopic (exact) mass is 339 g/mol. The van der Waals surface area contributed by atoms with Crippen LogP contribution in [0.25, 0.3) is 0 Å². The van der Waals surface area contributed by atoms with Gasteiger partial charge in [-0.15, -0.1) is 0 Å². The highest BCUT2D eigenvalue weighted by Gasteiger charge is 2.21. The molecule has 1 aliphatic heterocycles. The van der Waals surface area contributed by atoms with Gasteiger partial charge in [0.2, 0.25) is 5.91 Å². The molecule has 0 bridgehead atoms. The van der Waals surface area contributed by atoms with Crippen molar-refractivity contribution in [2.75, 3.05) is 12.4 Å². The second-order valence-electron chi connectivity index (χ2n) is 5.92. The molecule has 1 N–H and O–H groups in total. The summed E-state index contributed by atoms with van der Waals surface area (Å²) in [6, 6.07) is 13.9. The maximum Gasteiger partial charge on any atom is 0.271 e. The number of hydrazone groups is 1. The van der Waals surface area contributed by atoms with E-state index in [1.807, 2.05) is 18.2 Å². The molecule has 0 saturated carbocycles. The lowest BCUT2D eigenvalue weighted by Crippen LogP contribution is -2.34. The molecule has 0 aliphatic carbocycles. The van der Waals surface area contributed by atoms with Gasteiger partial charge in [0.05, 0.1) is 0 Å². The van der Waals surface area contributed by atoms with Crippen LogP contribution in [0.2, 0.25) is 0 Å². The Morgan fingerprint density at radius 3 is 2.60 bits per heavy atom. The molecule has 1 aliphatic rings. The number of anilines is 1. The van der Waals surface area contributed by atoms with Gasteiger partial charge in [0.1, 0.15) is 11.5 Å². The van der Waals surface area contributed by atoms with Crippen molar-refractivity contribution in [1.29, 1.82) is 0 Å². The van der Waals surface area contributed by atoms with Gasteiger partial charge < -0.3 is 5.32 Å². The van der Waals surface area contributed by atoms with Crippen molar-refractivity contribution >= 4 is 23.2 Å². The van der Waals surface area contributed by atoms with Crippen molar-refractivity contribution in [1.82, 2.24) is 5.01 Å². The Morgan fingerprint density at radius 1 is 1.16 bits per heavy atom. The minimum Gasteiger partial charge on any atom is -0.321 e. The zero-order chi connectivity index (χ0) is 17.8. The highest BCUT2D eigenvalue weighted by molar-refractivity contribution is 6.43. The molecule has 5 nitrogen and oxygen atoms in total. The SMILES string of the molecule is CN1N=C(C(=O)Nc2ccc(Cc3cccc(F)c3)cc2)CCC1=O. The second kappa shape index (κ2) is 7.25. The molecule has 6 heteroatoms. The standard InChI is InChI=1S/C19H18FN3O2/c1-23-18(24)10-9-17(22-23)19(25)21-16-7-5-13(6-8-16)11-14-3-2-4-15(20)12-14/h2-8,12H,9-11H2,1H3,(H,21,25). The largest absolute Gasteiger partial charge is 0.321 e. The maximum atomic E-state index is 13.2. The number of halogens is 1. The van der Waals surface area contributed by atoms with Crippen molar-refractivity contribution in [3.8, 4) is 0 Å². The Bertz CT molecular complexity index is 831. The Labute approximate surface area is 145 Å². The van der Waals surface area contributed by atoms with E-state index in [0.29, 0.717) is 24.2 Å². The van der Waals surface area contributed by atoms with E-state index in [9.17, 15) is 14.0 Å². The van der Waals surface area contributed by atoms with E-state index < -0.39 is 0 Å². The van der Waals surface area contributed by atoms with E-state index in [1.165, 1.54) is 24.2 Å². The lowest BCUT2D eigenvalue weighted by molar-refractivity contribution is -0.130. The molecule has 3 rings (SSSR count). The van der Waals surface area contributed by atoms with E-state index in [-0.39, 0.29) is 24.1 Å². The van der Waals surface area contributed by atoms with Crippen LogP contribution in [-0.4, -0.2) is 29.6 Å². The normalized spacial score (nSPS) is 14.2. The van der Waals surface area contributed by atoms with Gasteiger partial charge in [-0.25, -0.2) is 9.40 Å². The van der Waals surface area contributed by atoms with Gasteiger partial charge in [0.25, 0.3) is 5.91 Å². The fourth-order valence-electron chi connectivity index (χ4n) is 2.62. The number of carbonyl (C=O) groups excluding carboxylic acids is 2. The smallest absolute Gasteiger partial charge is 0.271 e. The number of hydrogen-bond acceptors (Lipinski definition) is 3. The van der Waals surface area contributed by atoms with Crippen LogP contribution >= 0.6 is 0 Å². The van der Waals surface area contributed by atoms with Crippen LogP contribution in [-0.2, 0) is 16.0 Å². The van der Waals surface area contributed by atoms with Gasteiger partial charge in [-0.2, -0.15) is 5.10 Å². The molecule has 2 aromatic rings. The number of amides is 2. The predicted octanol–water partition coefficient (Wildman–Crippen LogP) is 2.96. The second-order valence-corrected chi connectivity index (χ2v) is 5.92. The first-order valence-electron chi connectivity index (χ1n) is 8.00. The zero-order valence-corrected chi connectivity index (χ0v) is 13.8. The van der Waals surface area contributed by atoms with Crippen molar-refractivity contribution in [3.63, 3.8) is 0 Å². The molecule has 0 unspecified atom stereocenters. The number of nitrogens with one attached hydrogen (secondary N) is 1. The molecular weight excluding hydrogens is 321 g/mol. The lowest BCUT2D eigenvalue weighted by Gasteiger charge is -2.18. The summed E-state index contributed by atoms with van der Waals surface area (Å²) in [6.45, 7) is 0. The van der Waals surface area contributed by atoms with Crippen LogP contribution in [0.4, 0.5) is 10.1 Å². The van der Waals surface area contributed by atoms with Crippen LogP contribution in [0.3, 0.4) is 0 Å². The van der Waals surface area contributed by atoms with E-state index in [1.54, 1.807) is 18.2 Å². The summed E-state index contributed by atoms with van der Waals surface area (Å²) < 4.78 is 13.2. The maximum absolute atomic E-state index is 13.2. The quantitative estimate of drug-likeness (QED) is 0.931. The van der Waals surface area contributed by atoms with Gasteiger partial charge >= 0.3 is 0 Å². The highest BCUT2D eigenvalue weighted by Crippen LogP contribution is 2.15. The molecule has 0 saturated heterocycles. The van der Waals surface area contributed by atoms with E-state index in [2.05, 4.69) is 10.4 Å². The summed E-state index contributed by atoms with van der Waals surface area (Å²) in [6.07, 6.45) is 1.24. The van der Waals surface area contributed by atoms with Crippen LogP contribution in [0, 0.1) is 5.82 Å². The molecule has 1 heterocycles. The number of rotatable bonds is 4. The fraction of sp³-hybridized carbons (Fsp3) is 0.211. The van der Waals surface area contributed by atoms with Gasteiger partial charge in [0, 0.05) is 25.6 Å². The molecule has 2 amide bonds. The van der Waals surface area contributed by atoms with Crippen LogP contribution in [0.1, 0.15) is 24.0 Å². The predicted molar refractivity (Wildman–Crippen MR) is 93.7 cm³/mol. The minimum atomic E-state index is -0.308. The Morgan fingerprint density at radius 2 is 1.92 bits per heavy atom. The lowest BCUT2D eigenvalue weighted by atomic mass is 10.0. The first-order valence-corrected chi connectivity index (χ1v) is 8.00. The van der Waals surface area contributed by atoms with Crippen molar-refractivity contribution in [2.24, 2.45) is 5.10 Å². The average molecular weight is 339 g/mol. The molecule has 2 aromatic carbocycles. The third kappa shape index (κ3) is 4.29. The summed E-state index contributed by atoms with van der Waals surface area (Å²) in [7, 11) is 1.54. The van der Waals surface area contributed by atoms with Gasteiger partial charge in [-0.1, -0.05) is 24.3 Å². The Kier molecular flexibility index (Phi) is 4.88. The summed E-state index contributed by atoms with van der Waals surface area (Å²) in [5.41, 5.74) is 2.89. The van der Waals surface area contributed by atoms with Crippen LogP contribution in [0.15, 0.2) is 53.6 Å². The molecular formula is C19H18FN3O2. The van der Waals surface area contributed by atoms with Crippen molar-refractivity contribution < 1.29 is 14.0 Å². The molecule has 0 fully saturated rings. The van der Waals surface area contributed by atoms with Gasteiger partial charge in [-0.3, -0.25) is 9.59 Å². The van der Waals surface area contributed by atoms with Crippen LogP contribution in [0.5, 0.6) is 0 Å². The average Bonchev–Trinajstić information content (AvgIpc) is 2.59. The van der Waals surface area contributed by atoms with E-state index in [4.69, 9.17) is 0 Å². The first kappa shape index (κ1) is 16.8. The first-order chi connectivity index (χ1) is 12.0. The third-order valence-corrected chi connectivity index (χ3v) is 3.98. The van der Waals surface area contributed by atoms with Gasteiger partial charge in [0.15, 0.2) is 0 Å². The minimum absolute atomic E-state index is 0.0988. The number of benzene rings is 2. The molecule has 0 spiro atoms. The van der Waals surface area contributed by atoms with Crippen molar-refractivity contribution in [2.45, 2.75) is 19.3 Å². The number of nitrogens with zero attached hydrogens (tertiary/aromatic N) is 2. The molecule has 0 radical (unpaired) electrons. The highest BCUT2D eigenvalue weighted by atomic mass is 19.1. The molecule has 0 atom stereocenters. The summed E-state index contributed by atoms with van der Waals surface area (Å²) in [5.74, 6) is -0.659. The summed E-state index contributed by atoms with van der Waals surface area (Å²) in [4.78, 5) is 23.6. The molecule has 0 aromatic heterocycles. The number of hydrogen-bond donors (Lipinski definition) is 1. The molecule has 25 heavy (non-hydrogen) atoms. The number of carbonyl (C=O) groups is 2. The van der Waals surface area contributed by atoms with Crippen LogP contribution < -0.4 is 5.32 Å². The Balaban J connectivity index is 1.63.